The van der Waals surface area contributed by atoms with Crippen LogP contribution < -0.4 is 0 Å². The molecule has 0 saturated carbocycles. The Labute approximate surface area is 156 Å². The number of aryl methyl sites for hydroxylation is 1. The molecule has 1 aliphatic rings. The van der Waals surface area contributed by atoms with Crippen LogP contribution in [0.4, 0.5) is 4.39 Å². The number of sulfone groups is 1. The Morgan fingerprint density at radius 3 is 2.63 bits per heavy atom. The third kappa shape index (κ3) is 3.39. The standard InChI is InChI=1S/C18H19FN4O3S/c1-12-10-26-22-15(12)9-16-20-17(13-3-5-14(19)6-4-13)21-23(16)18(2)7-8-27(24,25)11-18/h3-6,10H,7-9,11H2,1-2H3. The quantitative estimate of drug-likeness (QED) is 0.680. The summed E-state index contributed by atoms with van der Waals surface area (Å²) in [4.78, 5) is 4.62. The molecule has 0 amide bonds. The largest absolute Gasteiger partial charge is 0.364 e. The molecular formula is C18H19FN4O3S. The predicted molar refractivity (Wildman–Crippen MR) is 96.4 cm³/mol. The minimum atomic E-state index is -3.12. The van der Waals surface area contributed by atoms with Gasteiger partial charge in [0.25, 0.3) is 0 Å². The van der Waals surface area contributed by atoms with Gasteiger partial charge in [-0.05, 0) is 44.5 Å². The average molecular weight is 390 g/mol. The first-order chi connectivity index (χ1) is 12.8. The van der Waals surface area contributed by atoms with Crippen molar-refractivity contribution in [2.45, 2.75) is 32.2 Å². The van der Waals surface area contributed by atoms with Crippen molar-refractivity contribution in [1.82, 2.24) is 19.9 Å². The van der Waals surface area contributed by atoms with Gasteiger partial charge < -0.3 is 4.52 Å². The van der Waals surface area contributed by atoms with E-state index in [2.05, 4.69) is 15.2 Å². The maximum Gasteiger partial charge on any atom is 0.181 e. The number of aromatic nitrogens is 4. The third-order valence-electron chi connectivity index (χ3n) is 4.94. The van der Waals surface area contributed by atoms with Gasteiger partial charge in [-0.3, -0.25) is 0 Å². The van der Waals surface area contributed by atoms with Crippen LogP contribution in [0.5, 0.6) is 0 Å². The third-order valence-corrected chi connectivity index (χ3v) is 6.83. The number of hydrogen-bond donors (Lipinski definition) is 0. The van der Waals surface area contributed by atoms with Crippen LogP contribution in [-0.2, 0) is 21.8 Å². The summed E-state index contributed by atoms with van der Waals surface area (Å²) in [6.07, 6.45) is 2.39. The van der Waals surface area contributed by atoms with Crippen molar-refractivity contribution >= 4 is 9.84 Å². The molecule has 1 unspecified atom stereocenters. The Bertz CT molecular complexity index is 1090. The van der Waals surface area contributed by atoms with Crippen molar-refractivity contribution in [1.29, 1.82) is 0 Å². The monoisotopic (exact) mass is 390 g/mol. The summed E-state index contributed by atoms with van der Waals surface area (Å²) in [6, 6.07) is 5.90. The molecule has 1 atom stereocenters. The Morgan fingerprint density at radius 2 is 2.04 bits per heavy atom. The van der Waals surface area contributed by atoms with Crippen LogP contribution in [0.25, 0.3) is 11.4 Å². The van der Waals surface area contributed by atoms with E-state index in [1.807, 2.05) is 13.8 Å². The second-order valence-corrected chi connectivity index (χ2v) is 9.41. The van der Waals surface area contributed by atoms with Gasteiger partial charge in [0, 0.05) is 11.1 Å². The fraction of sp³-hybridized carbons (Fsp3) is 0.389. The van der Waals surface area contributed by atoms with Crippen LogP contribution in [0.15, 0.2) is 35.1 Å². The van der Waals surface area contributed by atoms with E-state index in [1.54, 1.807) is 23.1 Å². The van der Waals surface area contributed by atoms with Crippen LogP contribution >= 0.6 is 0 Å². The molecular weight excluding hydrogens is 371 g/mol. The van der Waals surface area contributed by atoms with E-state index < -0.39 is 15.4 Å². The van der Waals surface area contributed by atoms with E-state index in [1.165, 1.54) is 12.1 Å². The second kappa shape index (κ2) is 6.26. The second-order valence-electron chi connectivity index (χ2n) is 7.23. The molecule has 9 heteroatoms. The highest BCUT2D eigenvalue weighted by molar-refractivity contribution is 7.91. The van der Waals surface area contributed by atoms with E-state index >= 15 is 0 Å². The predicted octanol–water partition coefficient (Wildman–Crippen LogP) is 2.51. The molecule has 0 N–H and O–H groups in total. The number of hydrogen-bond acceptors (Lipinski definition) is 6. The van der Waals surface area contributed by atoms with Gasteiger partial charge in [0.15, 0.2) is 15.7 Å². The van der Waals surface area contributed by atoms with Crippen molar-refractivity contribution in [3.63, 3.8) is 0 Å². The van der Waals surface area contributed by atoms with Crippen LogP contribution in [0, 0.1) is 12.7 Å². The van der Waals surface area contributed by atoms with E-state index in [4.69, 9.17) is 4.52 Å². The Hall–Kier alpha value is -2.55. The first kappa shape index (κ1) is 17.8. The summed E-state index contributed by atoms with van der Waals surface area (Å²) in [5, 5.41) is 8.60. The van der Waals surface area contributed by atoms with Gasteiger partial charge in [-0.2, -0.15) is 5.10 Å². The zero-order valence-corrected chi connectivity index (χ0v) is 15.8. The van der Waals surface area contributed by atoms with Gasteiger partial charge in [0.1, 0.15) is 17.9 Å². The lowest BCUT2D eigenvalue weighted by molar-refractivity contribution is 0.317. The number of benzene rings is 1. The van der Waals surface area contributed by atoms with E-state index in [0.29, 0.717) is 30.1 Å². The summed E-state index contributed by atoms with van der Waals surface area (Å²) in [7, 11) is -3.12. The molecule has 1 fully saturated rings. The van der Waals surface area contributed by atoms with Crippen molar-refractivity contribution in [2.75, 3.05) is 11.5 Å². The number of rotatable bonds is 4. The minimum absolute atomic E-state index is 0.0109. The number of nitrogens with zero attached hydrogens (tertiary/aromatic N) is 4. The summed E-state index contributed by atoms with van der Waals surface area (Å²) in [5.41, 5.74) is 1.59. The van der Waals surface area contributed by atoms with E-state index in [0.717, 1.165) is 11.3 Å². The van der Waals surface area contributed by atoms with Gasteiger partial charge in [-0.25, -0.2) is 22.5 Å². The summed E-state index contributed by atoms with van der Waals surface area (Å²) < 4.78 is 44.1. The van der Waals surface area contributed by atoms with Crippen molar-refractivity contribution < 1.29 is 17.3 Å². The van der Waals surface area contributed by atoms with Crippen molar-refractivity contribution in [3.8, 4) is 11.4 Å². The van der Waals surface area contributed by atoms with Crippen LogP contribution in [0.2, 0.25) is 0 Å². The van der Waals surface area contributed by atoms with Gasteiger partial charge in [-0.15, -0.1) is 0 Å². The molecule has 4 rings (SSSR count). The SMILES string of the molecule is Cc1conc1Cc1nc(-c2ccc(F)cc2)nn1C1(C)CCS(=O)(=O)C1. The van der Waals surface area contributed by atoms with Gasteiger partial charge in [-0.1, -0.05) is 5.16 Å². The normalized spacial score (nSPS) is 21.6. The molecule has 1 aromatic carbocycles. The maximum atomic E-state index is 13.2. The molecule has 0 radical (unpaired) electrons. The molecule has 2 aromatic heterocycles. The molecule has 3 heterocycles. The van der Waals surface area contributed by atoms with Crippen LogP contribution in [0.1, 0.15) is 30.4 Å². The maximum absolute atomic E-state index is 13.2. The minimum Gasteiger partial charge on any atom is -0.364 e. The van der Waals surface area contributed by atoms with Crippen molar-refractivity contribution in [2.24, 2.45) is 0 Å². The first-order valence-electron chi connectivity index (χ1n) is 8.58. The molecule has 142 valence electrons. The number of halogens is 1. The molecule has 7 nitrogen and oxygen atoms in total. The highest BCUT2D eigenvalue weighted by Gasteiger charge is 2.42. The van der Waals surface area contributed by atoms with Gasteiger partial charge in [0.2, 0.25) is 0 Å². The van der Waals surface area contributed by atoms with Crippen molar-refractivity contribution in [3.05, 3.63) is 53.4 Å². The molecule has 0 spiro atoms. The van der Waals surface area contributed by atoms with Crippen LogP contribution in [-0.4, -0.2) is 39.8 Å². The fourth-order valence-corrected chi connectivity index (χ4v) is 5.51. The lowest BCUT2D eigenvalue weighted by Gasteiger charge is -2.24. The van der Waals surface area contributed by atoms with E-state index in [-0.39, 0.29) is 17.3 Å². The van der Waals surface area contributed by atoms with Gasteiger partial charge >= 0.3 is 0 Å². The summed E-state index contributed by atoms with van der Waals surface area (Å²) in [6.45, 7) is 3.76. The summed E-state index contributed by atoms with van der Waals surface area (Å²) >= 11 is 0. The first-order valence-corrected chi connectivity index (χ1v) is 10.4. The van der Waals surface area contributed by atoms with E-state index in [9.17, 15) is 12.8 Å². The lowest BCUT2D eigenvalue weighted by Crippen LogP contribution is -2.34. The average Bonchev–Trinajstić information content (AvgIpc) is 3.28. The Morgan fingerprint density at radius 1 is 1.30 bits per heavy atom. The zero-order chi connectivity index (χ0) is 19.2. The molecule has 0 bridgehead atoms. The summed E-state index contributed by atoms with van der Waals surface area (Å²) in [5.74, 6) is 0.822. The highest BCUT2D eigenvalue weighted by atomic mass is 32.2. The fourth-order valence-electron chi connectivity index (χ4n) is 3.40. The molecule has 0 aliphatic carbocycles. The zero-order valence-electron chi connectivity index (χ0n) is 15.0. The Kier molecular flexibility index (Phi) is 4.14. The highest BCUT2D eigenvalue weighted by Crippen LogP contribution is 2.32. The smallest absolute Gasteiger partial charge is 0.181 e. The molecule has 1 aliphatic heterocycles. The molecule has 1 saturated heterocycles. The lowest BCUT2D eigenvalue weighted by atomic mass is 10.0. The molecule has 27 heavy (non-hydrogen) atoms. The Balaban J connectivity index is 1.80. The van der Waals surface area contributed by atoms with Crippen LogP contribution in [0.3, 0.4) is 0 Å². The topological polar surface area (TPSA) is 90.9 Å². The molecule has 3 aromatic rings. The van der Waals surface area contributed by atoms with Gasteiger partial charge in [0.05, 0.1) is 29.2 Å².